The number of nitrogens with one attached hydrogen (secondary N) is 1. The molecule has 8 heteroatoms. The highest BCUT2D eigenvalue weighted by Gasteiger charge is 2.31. The Morgan fingerprint density at radius 2 is 1.69 bits per heavy atom. The lowest BCUT2D eigenvalue weighted by Gasteiger charge is -2.33. The molecule has 196 valence electrons. The van der Waals surface area contributed by atoms with Crippen molar-refractivity contribution in [3.8, 4) is 0 Å². The van der Waals surface area contributed by atoms with E-state index >= 15 is 0 Å². The first-order valence-electron chi connectivity index (χ1n) is 12.7. The minimum absolute atomic E-state index is 0.118. The monoisotopic (exact) mass is 513 g/mol. The molecule has 0 aromatic heterocycles. The van der Waals surface area contributed by atoms with Gasteiger partial charge < -0.3 is 10.2 Å². The molecule has 0 bridgehead atoms. The molecule has 0 radical (unpaired) electrons. The van der Waals surface area contributed by atoms with Crippen molar-refractivity contribution in [2.75, 3.05) is 17.1 Å². The predicted octanol–water partition coefficient (Wildman–Crippen LogP) is 4.24. The van der Waals surface area contributed by atoms with Gasteiger partial charge in [0.05, 0.1) is 11.9 Å². The van der Waals surface area contributed by atoms with E-state index in [4.69, 9.17) is 0 Å². The molecule has 1 aliphatic rings. The van der Waals surface area contributed by atoms with Gasteiger partial charge in [0.2, 0.25) is 21.8 Å². The Morgan fingerprint density at radius 3 is 2.31 bits per heavy atom. The third-order valence-electron chi connectivity index (χ3n) is 7.01. The molecule has 2 aromatic carbocycles. The Bertz CT molecular complexity index is 1190. The summed E-state index contributed by atoms with van der Waals surface area (Å²) in [7, 11) is -3.74. The molecule has 0 aliphatic heterocycles. The number of benzene rings is 2. The molecule has 36 heavy (non-hydrogen) atoms. The van der Waals surface area contributed by atoms with Crippen LogP contribution in [0.4, 0.5) is 5.69 Å². The Labute approximate surface area is 215 Å². The van der Waals surface area contributed by atoms with Crippen LogP contribution in [0.3, 0.4) is 0 Å². The van der Waals surface area contributed by atoms with E-state index in [2.05, 4.69) is 5.32 Å². The topological polar surface area (TPSA) is 86.8 Å². The van der Waals surface area contributed by atoms with Crippen LogP contribution in [0.2, 0.25) is 0 Å². The van der Waals surface area contributed by atoms with E-state index in [1.54, 1.807) is 19.1 Å². The van der Waals surface area contributed by atoms with Gasteiger partial charge in [0.1, 0.15) is 12.6 Å². The maximum Gasteiger partial charge on any atom is 0.244 e. The van der Waals surface area contributed by atoms with E-state index in [0.717, 1.165) is 58.5 Å². The second-order valence-electron chi connectivity index (χ2n) is 10.1. The zero-order valence-electron chi connectivity index (χ0n) is 22.1. The van der Waals surface area contributed by atoms with Gasteiger partial charge in [0.25, 0.3) is 0 Å². The molecule has 1 fully saturated rings. The molecule has 7 nitrogen and oxygen atoms in total. The fourth-order valence-corrected chi connectivity index (χ4v) is 5.49. The number of sulfonamides is 1. The minimum Gasteiger partial charge on any atom is -0.352 e. The second-order valence-corrected chi connectivity index (χ2v) is 12.0. The summed E-state index contributed by atoms with van der Waals surface area (Å²) in [5.41, 5.74) is 4.34. The summed E-state index contributed by atoms with van der Waals surface area (Å²) in [5.74, 6) is -0.633. The smallest absolute Gasteiger partial charge is 0.244 e. The average molecular weight is 514 g/mol. The number of hydrogen-bond acceptors (Lipinski definition) is 4. The van der Waals surface area contributed by atoms with E-state index in [9.17, 15) is 18.0 Å². The van der Waals surface area contributed by atoms with E-state index in [0.29, 0.717) is 5.69 Å². The number of anilines is 1. The summed E-state index contributed by atoms with van der Waals surface area (Å²) in [6, 6.07) is 12.5. The second kappa shape index (κ2) is 11.9. The molecule has 0 spiro atoms. The SMILES string of the molecule is Cc1cccc(CN(C(=O)CN(c2ccc(C)c(C)c2)S(C)(=O)=O)C(C)C(=O)NC2CCCCC2)c1. The summed E-state index contributed by atoms with van der Waals surface area (Å²) < 4.78 is 26.6. The normalized spacial score (nSPS) is 15.2. The first-order valence-corrected chi connectivity index (χ1v) is 14.5. The molecular formula is C28H39N3O4S. The van der Waals surface area contributed by atoms with Crippen LogP contribution in [0.15, 0.2) is 42.5 Å². The van der Waals surface area contributed by atoms with E-state index in [1.807, 2.05) is 51.1 Å². The predicted molar refractivity (Wildman–Crippen MR) is 144 cm³/mol. The van der Waals surface area contributed by atoms with Crippen LogP contribution in [0.5, 0.6) is 0 Å². The minimum atomic E-state index is -3.74. The molecule has 1 N–H and O–H groups in total. The van der Waals surface area contributed by atoms with Gasteiger partial charge in [-0.3, -0.25) is 13.9 Å². The molecule has 3 rings (SSSR count). The van der Waals surface area contributed by atoms with Crippen molar-refractivity contribution in [3.05, 3.63) is 64.7 Å². The van der Waals surface area contributed by atoms with Gasteiger partial charge in [-0.05, 0) is 69.4 Å². The molecule has 1 aliphatic carbocycles. The summed E-state index contributed by atoms with van der Waals surface area (Å²) in [5, 5.41) is 3.12. The van der Waals surface area contributed by atoms with Crippen molar-refractivity contribution in [1.29, 1.82) is 0 Å². The van der Waals surface area contributed by atoms with Crippen LogP contribution in [0, 0.1) is 20.8 Å². The molecule has 2 amide bonds. The third-order valence-corrected chi connectivity index (χ3v) is 8.15. The fourth-order valence-electron chi connectivity index (χ4n) is 4.65. The van der Waals surface area contributed by atoms with Gasteiger partial charge in [-0.15, -0.1) is 0 Å². The number of aryl methyl sites for hydroxylation is 3. The highest BCUT2D eigenvalue weighted by molar-refractivity contribution is 7.92. The summed E-state index contributed by atoms with van der Waals surface area (Å²) in [4.78, 5) is 28.4. The summed E-state index contributed by atoms with van der Waals surface area (Å²) in [6.07, 6.45) is 6.34. The molecule has 0 heterocycles. The Kier molecular flexibility index (Phi) is 9.17. The Balaban J connectivity index is 1.88. The van der Waals surface area contributed by atoms with Crippen molar-refractivity contribution in [3.63, 3.8) is 0 Å². The van der Waals surface area contributed by atoms with Crippen molar-refractivity contribution in [2.45, 2.75) is 78.4 Å². The van der Waals surface area contributed by atoms with Gasteiger partial charge >= 0.3 is 0 Å². The lowest BCUT2D eigenvalue weighted by molar-refractivity contribution is -0.139. The lowest BCUT2D eigenvalue weighted by Crippen LogP contribution is -2.53. The van der Waals surface area contributed by atoms with Crippen molar-refractivity contribution >= 4 is 27.5 Å². The molecule has 1 atom stereocenters. The lowest BCUT2D eigenvalue weighted by atomic mass is 9.95. The van der Waals surface area contributed by atoms with Gasteiger partial charge in [-0.1, -0.05) is 55.2 Å². The van der Waals surface area contributed by atoms with Gasteiger partial charge in [0, 0.05) is 12.6 Å². The van der Waals surface area contributed by atoms with Crippen LogP contribution in [0.1, 0.15) is 61.3 Å². The van der Waals surface area contributed by atoms with Crippen molar-refractivity contribution in [1.82, 2.24) is 10.2 Å². The Hall–Kier alpha value is -2.87. The van der Waals surface area contributed by atoms with Crippen LogP contribution < -0.4 is 9.62 Å². The first kappa shape index (κ1) is 27.7. The number of amides is 2. The van der Waals surface area contributed by atoms with Crippen molar-refractivity contribution in [2.24, 2.45) is 0 Å². The standard InChI is InChI=1S/C28H39N3O4S/c1-20-10-9-11-24(16-20)18-30(23(4)28(33)29-25-12-7-6-8-13-25)27(32)19-31(36(5,34)35)26-15-14-21(2)22(3)17-26/h9-11,14-17,23,25H,6-8,12-13,18-19H2,1-5H3,(H,29,33). The van der Waals surface area contributed by atoms with Crippen LogP contribution in [-0.4, -0.2) is 50.0 Å². The zero-order valence-corrected chi connectivity index (χ0v) is 22.9. The fraction of sp³-hybridized carbons (Fsp3) is 0.500. The van der Waals surface area contributed by atoms with Gasteiger partial charge in [-0.2, -0.15) is 0 Å². The van der Waals surface area contributed by atoms with Gasteiger partial charge in [0.15, 0.2) is 0 Å². The summed E-state index contributed by atoms with van der Waals surface area (Å²) >= 11 is 0. The average Bonchev–Trinajstić information content (AvgIpc) is 2.82. The van der Waals surface area contributed by atoms with E-state index in [-0.39, 0.29) is 25.0 Å². The highest BCUT2D eigenvalue weighted by atomic mass is 32.2. The largest absolute Gasteiger partial charge is 0.352 e. The van der Waals surface area contributed by atoms with E-state index < -0.39 is 22.0 Å². The number of rotatable bonds is 9. The molecule has 1 saturated carbocycles. The number of carbonyl (C=O) groups is 2. The number of nitrogens with zero attached hydrogens (tertiary/aromatic N) is 2. The quantitative estimate of drug-likeness (QED) is 0.543. The maximum atomic E-state index is 13.7. The number of carbonyl (C=O) groups excluding carboxylic acids is 2. The van der Waals surface area contributed by atoms with Crippen LogP contribution in [0.25, 0.3) is 0 Å². The zero-order chi connectivity index (χ0) is 26.5. The van der Waals surface area contributed by atoms with Crippen LogP contribution >= 0.6 is 0 Å². The molecule has 1 unspecified atom stereocenters. The first-order chi connectivity index (χ1) is 17.0. The maximum absolute atomic E-state index is 13.7. The molecule has 0 saturated heterocycles. The molecule has 2 aromatic rings. The van der Waals surface area contributed by atoms with E-state index in [1.165, 1.54) is 11.3 Å². The third kappa shape index (κ3) is 7.32. The Morgan fingerprint density at radius 1 is 1.00 bits per heavy atom. The van der Waals surface area contributed by atoms with Gasteiger partial charge in [-0.25, -0.2) is 8.42 Å². The summed E-state index contributed by atoms with van der Waals surface area (Å²) in [6.45, 7) is 7.37. The number of hydrogen-bond donors (Lipinski definition) is 1. The van der Waals surface area contributed by atoms with Crippen LogP contribution in [-0.2, 0) is 26.2 Å². The highest BCUT2D eigenvalue weighted by Crippen LogP contribution is 2.23. The molecular weight excluding hydrogens is 474 g/mol. The van der Waals surface area contributed by atoms with Crippen molar-refractivity contribution < 1.29 is 18.0 Å².